The molecule has 0 saturated carbocycles. The van der Waals surface area contributed by atoms with E-state index in [1.54, 1.807) is 0 Å². The second kappa shape index (κ2) is 9.22. The fourth-order valence-corrected chi connectivity index (χ4v) is 2.70. The highest BCUT2D eigenvalue weighted by atomic mass is 35.5. The summed E-state index contributed by atoms with van der Waals surface area (Å²) in [5, 5.41) is 9.85. The van der Waals surface area contributed by atoms with Crippen LogP contribution >= 0.6 is 11.6 Å². The Hall–Kier alpha value is -0.770. The zero-order chi connectivity index (χ0) is 15.0. The number of anilines is 1. The topological polar surface area (TPSA) is 26.7 Å². The van der Waals surface area contributed by atoms with Gasteiger partial charge < -0.3 is 14.9 Å². The van der Waals surface area contributed by atoms with Crippen molar-refractivity contribution in [1.82, 2.24) is 4.90 Å². The van der Waals surface area contributed by atoms with E-state index in [-0.39, 0.29) is 6.61 Å². The average Bonchev–Trinajstić information content (AvgIpc) is 2.48. The first-order valence-electron chi connectivity index (χ1n) is 7.52. The molecule has 0 bridgehead atoms. The fraction of sp³-hybridized carbons (Fsp3) is 0.625. The van der Waals surface area contributed by atoms with Gasteiger partial charge in [-0.2, -0.15) is 0 Å². The molecule has 0 amide bonds. The van der Waals surface area contributed by atoms with Crippen LogP contribution in [0.1, 0.15) is 32.8 Å². The quantitative estimate of drug-likeness (QED) is 0.757. The summed E-state index contributed by atoms with van der Waals surface area (Å²) in [7, 11) is 0. The Labute approximate surface area is 128 Å². The van der Waals surface area contributed by atoms with Crippen molar-refractivity contribution in [3.8, 4) is 0 Å². The van der Waals surface area contributed by atoms with E-state index in [1.807, 2.05) is 18.2 Å². The van der Waals surface area contributed by atoms with Crippen LogP contribution in [0.15, 0.2) is 18.2 Å². The van der Waals surface area contributed by atoms with Crippen molar-refractivity contribution in [2.75, 3.05) is 37.6 Å². The van der Waals surface area contributed by atoms with E-state index < -0.39 is 0 Å². The summed E-state index contributed by atoms with van der Waals surface area (Å²) in [6.45, 7) is 11.9. The Kier molecular flexibility index (Phi) is 7.97. The van der Waals surface area contributed by atoms with Crippen LogP contribution in [0.4, 0.5) is 5.69 Å². The van der Waals surface area contributed by atoms with E-state index in [9.17, 15) is 0 Å². The second-order valence-corrected chi connectivity index (χ2v) is 5.31. The van der Waals surface area contributed by atoms with Crippen LogP contribution < -0.4 is 4.90 Å². The van der Waals surface area contributed by atoms with Crippen LogP contribution in [0.3, 0.4) is 0 Å². The Balaban J connectivity index is 2.62. The van der Waals surface area contributed by atoms with Gasteiger partial charge in [-0.3, -0.25) is 0 Å². The number of benzene rings is 1. The molecule has 0 aliphatic heterocycles. The lowest BCUT2D eigenvalue weighted by molar-refractivity contribution is 0.282. The number of aliphatic hydroxyl groups is 1. The van der Waals surface area contributed by atoms with Gasteiger partial charge in [-0.25, -0.2) is 0 Å². The Morgan fingerprint density at radius 1 is 1.05 bits per heavy atom. The molecule has 20 heavy (non-hydrogen) atoms. The molecule has 0 atom stereocenters. The van der Waals surface area contributed by atoms with Gasteiger partial charge in [0, 0.05) is 13.1 Å². The van der Waals surface area contributed by atoms with Gasteiger partial charge in [-0.1, -0.05) is 31.5 Å². The third-order valence-corrected chi connectivity index (χ3v) is 4.02. The van der Waals surface area contributed by atoms with Gasteiger partial charge in [-0.15, -0.1) is 0 Å². The van der Waals surface area contributed by atoms with E-state index >= 15 is 0 Å². The largest absolute Gasteiger partial charge is 0.392 e. The lowest BCUT2D eigenvalue weighted by Gasteiger charge is -2.26. The summed E-state index contributed by atoms with van der Waals surface area (Å²) in [5.74, 6) is 0. The first kappa shape index (κ1) is 17.3. The Bertz CT molecular complexity index is 394. The number of hydrogen-bond acceptors (Lipinski definition) is 3. The number of halogens is 1. The van der Waals surface area contributed by atoms with Crippen molar-refractivity contribution in [2.45, 2.75) is 33.8 Å². The molecular weight excluding hydrogens is 272 g/mol. The standard InChI is InChI=1S/C16H27ClN2O/c1-4-18(5-2)10-7-11-19(6-3)16-9-8-14(13-20)12-15(16)17/h8-9,12,20H,4-7,10-11,13H2,1-3H3. The highest BCUT2D eigenvalue weighted by Gasteiger charge is 2.09. The van der Waals surface area contributed by atoms with Crippen molar-refractivity contribution in [3.05, 3.63) is 28.8 Å². The minimum absolute atomic E-state index is 0.0358. The average molecular weight is 299 g/mol. The highest BCUT2D eigenvalue weighted by molar-refractivity contribution is 6.33. The number of rotatable bonds is 9. The lowest BCUT2D eigenvalue weighted by Crippen LogP contribution is -2.30. The van der Waals surface area contributed by atoms with Crippen molar-refractivity contribution < 1.29 is 5.11 Å². The van der Waals surface area contributed by atoms with Crippen LogP contribution in [0.25, 0.3) is 0 Å². The van der Waals surface area contributed by atoms with Gasteiger partial charge in [-0.05, 0) is 50.7 Å². The molecular formula is C16H27ClN2O. The molecule has 3 nitrogen and oxygen atoms in total. The summed E-state index contributed by atoms with van der Waals surface area (Å²) >= 11 is 6.31. The number of nitrogens with zero attached hydrogens (tertiary/aromatic N) is 2. The summed E-state index contributed by atoms with van der Waals surface area (Å²) in [6.07, 6.45) is 1.13. The molecule has 0 spiro atoms. The van der Waals surface area contributed by atoms with E-state index in [4.69, 9.17) is 16.7 Å². The molecule has 0 aromatic heterocycles. The van der Waals surface area contributed by atoms with Gasteiger partial charge in [0.25, 0.3) is 0 Å². The van der Waals surface area contributed by atoms with E-state index in [0.29, 0.717) is 0 Å². The minimum atomic E-state index is 0.0358. The molecule has 114 valence electrons. The molecule has 1 aromatic carbocycles. The van der Waals surface area contributed by atoms with Crippen LogP contribution in [0.5, 0.6) is 0 Å². The summed E-state index contributed by atoms with van der Waals surface area (Å²) in [5.41, 5.74) is 1.92. The highest BCUT2D eigenvalue weighted by Crippen LogP contribution is 2.27. The molecule has 0 radical (unpaired) electrons. The van der Waals surface area contributed by atoms with Crippen molar-refractivity contribution in [3.63, 3.8) is 0 Å². The van der Waals surface area contributed by atoms with Crippen molar-refractivity contribution in [2.24, 2.45) is 0 Å². The fourth-order valence-electron chi connectivity index (χ4n) is 2.38. The summed E-state index contributed by atoms with van der Waals surface area (Å²) in [6, 6.07) is 5.80. The Morgan fingerprint density at radius 2 is 1.75 bits per heavy atom. The first-order valence-corrected chi connectivity index (χ1v) is 7.90. The monoisotopic (exact) mass is 298 g/mol. The van der Waals surface area contributed by atoms with Crippen LogP contribution in [-0.4, -0.2) is 42.7 Å². The third-order valence-electron chi connectivity index (χ3n) is 3.71. The molecule has 4 heteroatoms. The maximum atomic E-state index is 9.13. The van der Waals surface area contributed by atoms with Crippen molar-refractivity contribution >= 4 is 17.3 Å². The molecule has 0 heterocycles. The van der Waals surface area contributed by atoms with Crippen molar-refractivity contribution in [1.29, 1.82) is 0 Å². The van der Waals surface area contributed by atoms with Crippen LogP contribution in [0, 0.1) is 0 Å². The van der Waals surface area contributed by atoms with Gasteiger partial charge in [0.1, 0.15) is 0 Å². The zero-order valence-corrected chi connectivity index (χ0v) is 13.7. The van der Waals surface area contributed by atoms with Gasteiger partial charge in [0.15, 0.2) is 0 Å². The number of aliphatic hydroxyl groups excluding tert-OH is 1. The van der Waals surface area contributed by atoms with Gasteiger partial charge >= 0.3 is 0 Å². The number of hydrogen-bond donors (Lipinski definition) is 1. The predicted molar refractivity (Wildman–Crippen MR) is 87.7 cm³/mol. The molecule has 0 unspecified atom stereocenters. The molecule has 0 aliphatic carbocycles. The summed E-state index contributed by atoms with van der Waals surface area (Å²) < 4.78 is 0. The molecule has 1 rings (SSSR count). The van der Waals surface area contributed by atoms with Crippen LogP contribution in [0.2, 0.25) is 5.02 Å². The van der Waals surface area contributed by atoms with Crippen LogP contribution in [-0.2, 0) is 6.61 Å². The maximum Gasteiger partial charge on any atom is 0.0682 e. The second-order valence-electron chi connectivity index (χ2n) is 4.90. The summed E-state index contributed by atoms with van der Waals surface area (Å²) in [4.78, 5) is 4.73. The first-order chi connectivity index (χ1) is 9.65. The smallest absolute Gasteiger partial charge is 0.0682 e. The lowest BCUT2D eigenvalue weighted by atomic mass is 10.2. The van der Waals surface area contributed by atoms with E-state index in [2.05, 4.69) is 30.6 Å². The normalized spacial score (nSPS) is 11.1. The molecule has 0 fully saturated rings. The predicted octanol–water partition coefficient (Wildman–Crippen LogP) is 3.39. The Morgan fingerprint density at radius 3 is 2.25 bits per heavy atom. The van der Waals surface area contributed by atoms with Gasteiger partial charge in [0.05, 0.1) is 17.3 Å². The van der Waals surface area contributed by atoms with E-state index in [1.165, 1.54) is 0 Å². The van der Waals surface area contributed by atoms with Gasteiger partial charge in [0.2, 0.25) is 0 Å². The minimum Gasteiger partial charge on any atom is -0.392 e. The molecule has 0 aliphatic rings. The maximum absolute atomic E-state index is 9.13. The molecule has 1 N–H and O–H groups in total. The molecule has 0 saturated heterocycles. The van der Waals surface area contributed by atoms with E-state index in [0.717, 1.165) is 55.4 Å². The third kappa shape index (κ3) is 4.97. The molecule has 1 aromatic rings. The SMILES string of the molecule is CCN(CC)CCCN(CC)c1ccc(CO)cc1Cl. The zero-order valence-electron chi connectivity index (χ0n) is 12.9.